The third kappa shape index (κ3) is 2.43. The lowest BCUT2D eigenvalue weighted by molar-refractivity contribution is 0.481. The second kappa shape index (κ2) is 5.60. The van der Waals surface area contributed by atoms with Crippen molar-refractivity contribution in [1.29, 1.82) is 0 Å². The zero-order valence-corrected chi connectivity index (χ0v) is 13.7. The number of hydrogen-bond acceptors (Lipinski definition) is 2. The first kappa shape index (κ1) is 14.1. The van der Waals surface area contributed by atoms with E-state index in [1.165, 1.54) is 0 Å². The molecular weight excluding hydrogens is 352 g/mol. The van der Waals surface area contributed by atoms with E-state index in [0.717, 1.165) is 26.9 Å². The van der Waals surface area contributed by atoms with Crippen molar-refractivity contribution < 1.29 is 9.52 Å². The Labute approximate surface area is 142 Å². The fraction of sp³-hybridized carbons (Fsp3) is 0. The van der Waals surface area contributed by atoms with Gasteiger partial charge < -0.3 is 9.52 Å². The highest BCUT2D eigenvalue weighted by Crippen LogP contribution is 2.43. The first-order chi connectivity index (χ1) is 11.2. The molecule has 0 aliphatic carbocycles. The SMILES string of the molecule is Oc1cc(-c2ccccc2)cc2oc(-c3ccccc3)c(Br)c12. The Bertz CT molecular complexity index is 973. The minimum Gasteiger partial charge on any atom is -0.507 e. The van der Waals surface area contributed by atoms with Gasteiger partial charge >= 0.3 is 0 Å². The summed E-state index contributed by atoms with van der Waals surface area (Å²) in [5, 5.41) is 11.2. The molecule has 23 heavy (non-hydrogen) atoms. The maximum absolute atomic E-state index is 10.5. The van der Waals surface area contributed by atoms with Crippen LogP contribution in [-0.4, -0.2) is 5.11 Å². The molecule has 0 aliphatic heterocycles. The molecule has 0 spiro atoms. The van der Waals surface area contributed by atoms with Crippen molar-refractivity contribution in [1.82, 2.24) is 0 Å². The standard InChI is InChI=1S/C20H13BrO2/c21-19-18-16(22)11-15(13-7-3-1-4-8-13)12-17(18)23-20(19)14-9-5-2-6-10-14/h1-12,22H. The maximum Gasteiger partial charge on any atom is 0.149 e. The average molecular weight is 365 g/mol. The number of fused-ring (bicyclic) bond motifs is 1. The molecule has 0 amide bonds. The van der Waals surface area contributed by atoms with Crippen LogP contribution in [0.4, 0.5) is 0 Å². The third-order valence-electron chi connectivity index (χ3n) is 3.86. The van der Waals surface area contributed by atoms with Crippen LogP contribution in [0.25, 0.3) is 33.4 Å². The van der Waals surface area contributed by atoms with Crippen molar-refractivity contribution in [2.75, 3.05) is 0 Å². The molecule has 0 bridgehead atoms. The maximum atomic E-state index is 10.5. The molecule has 0 fully saturated rings. The van der Waals surface area contributed by atoms with Crippen LogP contribution in [0.5, 0.6) is 5.75 Å². The van der Waals surface area contributed by atoms with Gasteiger partial charge in [0, 0.05) is 5.56 Å². The predicted octanol–water partition coefficient (Wildman–Crippen LogP) is 6.23. The number of furan rings is 1. The summed E-state index contributed by atoms with van der Waals surface area (Å²) in [7, 11) is 0. The van der Waals surface area contributed by atoms with Crippen molar-refractivity contribution in [3.63, 3.8) is 0 Å². The molecular formula is C20H13BrO2. The third-order valence-corrected chi connectivity index (χ3v) is 4.61. The molecule has 0 saturated carbocycles. The van der Waals surface area contributed by atoms with Gasteiger partial charge in [0.25, 0.3) is 0 Å². The molecule has 0 atom stereocenters. The van der Waals surface area contributed by atoms with Crippen LogP contribution in [0, 0.1) is 0 Å². The first-order valence-corrected chi connectivity index (χ1v) is 8.09. The van der Waals surface area contributed by atoms with Gasteiger partial charge in [0.1, 0.15) is 17.1 Å². The molecule has 2 nitrogen and oxygen atoms in total. The molecule has 0 aliphatic rings. The highest BCUT2D eigenvalue weighted by Gasteiger charge is 2.18. The van der Waals surface area contributed by atoms with Gasteiger partial charge in [-0.1, -0.05) is 60.7 Å². The van der Waals surface area contributed by atoms with Gasteiger partial charge in [0.15, 0.2) is 0 Å². The van der Waals surface area contributed by atoms with E-state index in [9.17, 15) is 5.11 Å². The number of benzene rings is 3. The second-order valence-corrected chi connectivity index (χ2v) is 6.14. The number of aromatic hydroxyl groups is 1. The smallest absolute Gasteiger partial charge is 0.149 e. The summed E-state index contributed by atoms with van der Waals surface area (Å²) < 4.78 is 6.79. The Morgan fingerprint density at radius 1 is 0.739 bits per heavy atom. The fourth-order valence-electron chi connectivity index (χ4n) is 2.74. The molecule has 0 radical (unpaired) electrons. The Morgan fingerprint density at radius 2 is 1.35 bits per heavy atom. The average Bonchev–Trinajstić information content (AvgIpc) is 2.94. The number of phenols is 1. The summed E-state index contributed by atoms with van der Waals surface area (Å²) in [5.41, 5.74) is 3.60. The number of hydrogen-bond donors (Lipinski definition) is 1. The van der Waals surface area contributed by atoms with Crippen molar-refractivity contribution in [2.45, 2.75) is 0 Å². The zero-order valence-electron chi connectivity index (χ0n) is 12.2. The predicted molar refractivity (Wildman–Crippen MR) is 96.5 cm³/mol. The van der Waals surface area contributed by atoms with E-state index in [1.807, 2.05) is 66.7 Å². The molecule has 1 heterocycles. The number of rotatable bonds is 2. The number of phenolic OH excluding ortho intramolecular Hbond substituents is 1. The van der Waals surface area contributed by atoms with Gasteiger partial charge in [-0.15, -0.1) is 0 Å². The van der Waals surface area contributed by atoms with E-state index in [-0.39, 0.29) is 5.75 Å². The molecule has 3 heteroatoms. The van der Waals surface area contributed by atoms with Crippen molar-refractivity contribution in [3.05, 3.63) is 77.3 Å². The van der Waals surface area contributed by atoms with Crippen LogP contribution in [0.3, 0.4) is 0 Å². The van der Waals surface area contributed by atoms with Crippen LogP contribution < -0.4 is 0 Å². The van der Waals surface area contributed by atoms with E-state index < -0.39 is 0 Å². The van der Waals surface area contributed by atoms with Crippen LogP contribution in [-0.2, 0) is 0 Å². The van der Waals surface area contributed by atoms with Gasteiger partial charge in [-0.05, 0) is 39.2 Å². The molecule has 0 unspecified atom stereocenters. The molecule has 3 aromatic carbocycles. The van der Waals surface area contributed by atoms with Crippen LogP contribution >= 0.6 is 15.9 Å². The second-order valence-electron chi connectivity index (χ2n) is 5.35. The van der Waals surface area contributed by atoms with Crippen molar-refractivity contribution in [2.24, 2.45) is 0 Å². The molecule has 112 valence electrons. The van der Waals surface area contributed by atoms with Crippen LogP contribution in [0.2, 0.25) is 0 Å². The van der Waals surface area contributed by atoms with Gasteiger partial charge in [-0.3, -0.25) is 0 Å². The van der Waals surface area contributed by atoms with E-state index in [0.29, 0.717) is 11.0 Å². The summed E-state index contributed by atoms with van der Waals surface area (Å²) in [5.74, 6) is 0.931. The largest absolute Gasteiger partial charge is 0.507 e. The Balaban J connectivity index is 1.94. The summed E-state index contributed by atoms with van der Waals surface area (Å²) in [4.78, 5) is 0. The summed E-state index contributed by atoms with van der Waals surface area (Å²) in [6.07, 6.45) is 0. The van der Waals surface area contributed by atoms with E-state index in [2.05, 4.69) is 15.9 Å². The van der Waals surface area contributed by atoms with E-state index >= 15 is 0 Å². The zero-order chi connectivity index (χ0) is 15.8. The topological polar surface area (TPSA) is 33.4 Å². The minimum atomic E-state index is 0.208. The fourth-order valence-corrected chi connectivity index (χ4v) is 3.45. The Kier molecular flexibility index (Phi) is 3.43. The molecule has 4 rings (SSSR count). The van der Waals surface area contributed by atoms with E-state index in [1.54, 1.807) is 6.07 Å². The molecule has 1 aromatic heterocycles. The first-order valence-electron chi connectivity index (χ1n) is 7.30. The Hall–Kier alpha value is -2.52. The number of halogens is 1. The van der Waals surface area contributed by atoms with Crippen LogP contribution in [0.15, 0.2) is 81.7 Å². The molecule has 4 aromatic rings. The lowest BCUT2D eigenvalue weighted by atomic mass is 10.0. The normalized spacial score (nSPS) is 11.0. The van der Waals surface area contributed by atoms with Crippen LogP contribution in [0.1, 0.15) is 0 Å². The quantitative estimate of drug-likeness (QED) is 0.456. The minimum absolute atomic E-state index is 0.208. The van der Waals surface area contributed by atoms with Gasteiger partial charge in [-0.25, -0.2) is 0 Å². The lowest BCUT2D eigenvalue weighted by Crippen LogP contribution is -1.78. The molecule has 0 saturated heterocycles. The lowest BCUT2D eigenvalue weighted by Gasteiger charge is -2.03. The van der Waals surface area contributed by atoms with Gasteiger partial charge in [0.2, 0.25) is 0 Å². The summed E-state index contributed by atoms with van der Waals surface area (Å²) in [6, 6.07) is 23.5. The summed E-state index contributed by atoms with van der Waals surface area (Å²) in [6.45, 7) is 0. The highest BCUT2D eigenvalue weighted by atomic mass is 79.9. The monoisotopic (exact) mass is 364 g/mol. The Morgan fingerprint density at radius 3 is 2.00 bits per heavy atom. The highest BCUT2D eigenvalue weighted by molar-refractivity contribution is 9.10. The van der Waals surface area contributed by atoms with Gasteiger partial charge in [-0.2, -0.15) is 0 Å². The van der Waals surface area contributed by atoms with E-state index in [4.69, 9.17) is 4.42 Å². The van der Waals surface area contributed by atoms with Crippen molar-refractivity contribution in [3.8, 4) is 28.2 Å². The van der Waals surface area contributed by atoms with Crippen molar-refractivity contribution >= 4 is 26.9 Å². The van der Waals surface area contributed by atoms with Gasteiger partial charge in [0.05, 0.1) is 9.86 Å². The molecule has 1 N–H and O–H groups in total. The summed E-state index contributed by atoms with van der Waals surface area (Å²) >= 11 is 3.57.